The predicted octanol–water partition coefficient (Wildman–Crippen LogP) is 0.707. The molecule has 0 saturated heterocycles. The van der Waals surface area contributed by atoms with Crippen molar-refractivity contribution in [1.82, 2.24) is 10.7 Å². The van der Waals surface area contributed by atoms with Crippen LogP contribution in [0.2, 0.25) is 5.02 Å². The van der Waals surface area contributed by atoms with E-state index in [9.17, 15) is 14.5 Å². The van der Waals surface area contributed by atoms with Gasteiger partial charge >= 0.3 is 0 Å². The minimum atomic E-state index is -0.466. The van der Waals surface area contributed by atoms with Gasteiger partial charge in [-0.05, 0) is 47.6 Å². The fourth-order valence-corrected chi connectivity index (χ4v) is 2.12. The highest BCUT2D eigenvalue weighted by atomic mass is 35.5. The van der Waals surface area contributed by atoms with E-state index in [1.807, 2.05) is 0 Å². The summed E-state index contributed by atoms with van der Waals surface area (Å²) in [5, 5.41) is 8.41. The van der Waals surface area contributed by atoms with Crippen molar-refractivity contribution in [1.29, 1.82) is 0 Å². The zero-order valence-electron chi connectivity index (χ0n) is 13.8. The fourth-order valence-electron chi connectivity index (χ4n) is 1.99. The summed E-state index contributed by atoms with van der Waals surface area (Å²) < 4.78 is 5.14. The van der Waals surface area contributed by atoms with Crippen LogP contribution < -0.4 is 20.6 Å². The summed E-state index contributed by atoms with van der Waals surface area (Å²) in [4.78, 5) is 34.2. The van der Waals surface area contributed by atoms with Gasteiger partial charge in [-0.2, -0.15) is 0 Å². The Kier molecular flexibility index (Phi) is 6.81. The lowest BCUT2D eigenvalue weighted by Gasteiger charge is -2.03. The lowest BCUT2D eigenvalue weighted by atomic mass is 10.2. The average molecular weight is 376 g/mol. The molecule has 0 saturated carbocycles. The Labute approximate surface area is 154 Å². The molecule has 2 aromatic carbocycles. The van der Waals surface area contributed by atoms with E-state index >= 15 is 0 Å². The quantitative estimate of drug-likeness (QED) is 0.376. The molecule has 2 aromatic rings. The summed E-state index contributed by atoms with van der Waals surface area (Å²) in [6, 6.07) is 10.9. The lowest BCUT2D eigenvalue weighted by Crippen LogP contribution is -2.82. The fraction of sp³-hybridized carbons (Fsp3) is 0.118. The van der Waals surface area contributed by atoms with Crippen LogP contribution >= 0.6 is 11.6 Å². The number of benzene rings is 2. The number of nitrogens with zero attached hydrogens (tertiary/aromatic N) is 1. The largest absolute Gasteiger partial charge is 0.496 e. The van der Waals surface area contributed by atoms with Gasteiger partial charge < -0.3 is 10.1 Å². The molecule has 0 spiro atoms. The van der Waals surface area contributed by atoms with E-state index in [0.29, 0.717) is 21.9 Å². The van der Waals surface area contributed by atoms with Crippen molar-refractivity contribution >= 4 is 35.3 Å². The molecule has 0 bridgehead atoms. The smallest absolute Gasteiger partial charge is 0.293 e. The summed E-state index contributed by atoms with van der Waals surface area (Å²) in [5.41, 5.74) is 3.53. The van der Waals surface area contributed by atoms with Gasteiger partial charge in [-0.1, -0.05) is 11.6 Å². The monoisotopic (exact) mass is 375 g/mol. The molecule has 9 heteroatoms. The van der Waals surface area contributed by atoms with Gasteiger partial charge in [0.1, 0.15) is 18.0 Å². The first kappa shape index (κ1) is 19.1. The van der Waals surface area contributed by atoms with Crippen LogP contribution in [-0.2, 0) is 4.79 Å². The molecule has 8 nitrogen and oxygen atoms in total. The van der Waals surface area contributed by atoms with E-state index in [4.69, 9.17) is 16.3 Å². The molecule has 0 unspecified atom stereocenters. The maximum Gasteiger partial charge on any atom is 0.293 e. The third kappa shape index (κ3) is 5.38. The number of rotatable bonds is 7. The number of amides is 2. The van der Waals surface area contributed by atoms with Crippen LogP contribution in [0.1, 0.15) is 15.9 Å². The number of methoxy groups -OCH3 is 1. The number of hydrogen-bond acceptors (Lipinski definition) is 5. The van der Waals surface area contributed by atoms with E-state index in [1.165, 1.54) is 25.5 Å². The summed E-state index contributed by atoms with van der Waals surface area (Å²) in [6.07, 6.45) is 1.44. The Hall–Kier alpha value is -3.26. The van der Waals surface area contributed by atoms with Gasteiger partial charge in [0, 0.05) is 10.6 Å². The normalized spacial score (nSPS) is 10.4. The first-order chi connectivity index (χ1) is 12.5. The molecule has 2 amide bonds. The lowest BCUT2D eigenvalue weighted by molar-refractivity contribution is -0.505. The van der Waals surface area contributed by atoms with Crippen molar-refractivity contribution in [2.75, 3.05) is 13.7 Å². The summed E-state index contributed by atoms with van der Waals surface area (Å²) >= 11 is 5.75. The SMILES string of the molecule is COc1ccc(N=O)cc1/C=[NH+]/NC(=O)CNC(=O)c1ccc(Cl)cc1. The minimum Gasteiger partial charge on any atom is -0.496 e. The number of nitroso groups, excluding NO2 is 1. The average Bonchev–Trinajstić information content (AvgIpc) is 2.66. The van der Waals surface area contributed by atoms with Gasteiger partial charge in [0.2, 0.25) is 6.21 Å². The Morgan fingerprint density at radius 3 is 2.62 bits per heavy atom. The van der Waals surface area contributed by atoms with E-state index < -0.39 is 11.8 Å². The zero-order valence-corrected chi connectivity index (χ0v) is 14.5. The van der Waals surface area contributed by atoms with Crippen molar-refractivity contribution in [3.05, 3.63) is 63.5 Å². The van der Waals surface area contributed by atoms with Crippen molar-refractivity contribution in [2.45, 2.75) is 0 Å². The highest BCUT2D eigenvalue weighted by molar-refractivity contribution is 6.30. The second kappa shape index (κ2) is 9.28. The summed E-state index contributed by atoms with van der Waals surface area (Å²) in [5.74, 6) is -0.366. The molecule has 0 aliphatic rings. The molecule has 3 N–H and O–H groups in total. The molecule has 0 atom stereocenters. The van der Waals surface area contributed by atoms with Crippen LogP contribution in [-0.4, -0.2) is 31.7 Å². The van der Waals surface area contributed by atoms with Gasteiger partial charge in [0.05, 0.1) is 12.7 Å². The van der Waals surface area contributed by atoms with Crippen LogP contribution in [0.25, 0.3) is 0 Å². The highest BCUT2D eigenvalue weighted by Crippen LogP contribution is 2.21. The van der Waals surface area contributed by atoms with Crippen molar-refractivity contribution in [3.63, 3.8) is 0 Å². The molecule has 26 heavy (non-hydrogen) atoms. The Morgan fingerprint density at radius 2 is 1.96 bits per heavy atom. The van der Waals surface area contributed by atoms with Crippen LogP contribution in [0.5, 0.6) is 5.75 Å². The number of ether oxygens (including phenoxy) is 1. The number of halogens is 1. The maximum absolute atomic E-state index is 11.9. The molecule has 0 aromatic heterocycles. The van der Waals surface area contributed by atoms with E-state index in [0.717, 1.165) is 0 Å². The number of hydrazine groups is 1. The van der Waals surface area contributed by atoms with Crippen LogP contribution in [0, 0.1) is 4.91 Å². The predicted molar refractivity (Wildman–Crippen MR) is 96.5 cm³/mol. The molecule has 0 radical (unpaired) electrons. The van der Waals surface area contributed by atoms with Crippen LogP contribution in [0.3, 0.4) is 0 Å². The maximum atomic E-state index is 11.9. The van der Waals surface area contributed by atoms with Gasteiger partial charge in [-0.3, -0.25) is 9.59 Å². The Balaban J connectivity index is 1.88. The minimum absolute atomic E-state index is 0.223. The van der Waals surface area contributed by atoms with Gasteiger partial charge in [0.15, 0.2) is 0 Å². The second-order valence-electron chi connectivity index (χ2n) is 5.04. The van der Waals surface area contributed by atoms with E-state index in [-0.39, 0.29) is 12.2 Å². The third-order valence-corrected chi connectivity index (χ3v) is 3.53. The first-order valence-electron chi connectivity index (χ1n) is 7.46. The number of nitrogens with one attached hydrogen (secondary N) is 3. The second-order valence-corrected chi connectivity index (χ2v) is 5.48. The standard InChI is InChI=1S/C17H15ClN4O4/c1-26-15-7-6-14(22-25)8-12(15)9-20-21-16(23)10-19-17(24)11-2-4-13(18)5-3-11/h2-9H,10H2,1H3,(H,19,24)(H,21,23)/p+1/b20-9+. The van der Waals surface area contributed by atoms with Gasteiger partial charge in [-0.25, -0.2) is 0 Å². The number of hydrazone groups is 1. The molecule has 0 fully saturated rings. The van der Waals surface area contributed by atoms with Gasteiger partial charge in [-0.15, -0.1) is 15.4 Å². The van der Waals surface area contributed by atoms with E-state index in [2.05, 4.69) is 21.0 Å². The molecule has 0 aliphatic carbocycles. The van der Waals surface area contributed by atoms with Crippen LogP contribution in [0.15, 0.2) is 47.6 Å². The molecule has 0 aliphatic heterocycles. The molecular formula is C17H16ClN4O4+. The summed E-state index contributed by atoms with van der Waals surface area (Å²) in [7, 11) is 1.48. The van der Waals surface area contributed by atoms with Crippen LogP contribution in [0.4, 0.5) is 5.69 Å². The van der Waals surface area contributed by atoms with Gasteiger partial charge in [0.25, 0.3) is 11.8 Å². The first-order valence-corrected chi connectivity index (χ1v) is 7.84. The summed E-state index contributed by atoms with van der Waals surface area (Å²) in [6.45, 7) is -0.227. The molecule has 2 rings (SSSR count). The molecule has 0 heterocycles. The number of carbonyl (C=O) groups is 2. The molecule has 134 valence electrons. The third-order valence-electron chi connectivity index (χ3n) is 3.27. The Bertz CT molecular complexity index is 837. The topological polar surface area (TPSA) is 111 Å². The van der Waals surface area contributed by atoms with E-state index in [1.54, 1.807) is 30.3 Å². The Morgan fingerprint density at radius 1 is 1.23 bits per heavy atom. The highest BCUT2D eigenvalue weighted by Gasteiger charge is 2.09. The van der Waals surface area contributed by atoms with Crippen molar-refractivity contribution in [2.24, 2.45) is 5.18 Å². The molecular weight excluding hydrogens is 360 g/mol. The zero-order chi connectivity index (χ0) is 18.9. The van der Waals surface area contributed by atoms with Crippen molar-refractivity contribution in [3.8, 4) is 5.75 Å². The van der Waals surface area contributed by atoms with Crippen molar-refractivity contribution < 1.29 is 19.4 Å². The number of carbonyl (C=O) groups excluding carboxylic acids is 2. The number of hydrogen-bond donors (Lipinski definition) is 3.